The lowest BCUT2D eigenvalue weighted by Gasteiger charge is -2.19. The van der Waals surface area contributed by atoms with Gasteiger partial charge >= 0.3 is 0 Å². The highest BCUT2D eigenvalue weighted by Gasteiger charge is 2.39. The van der Waals surface area contributed by atoms with E-state index < -0.39 is 0 Å². The summed E-state index contributed by atoms with van der Waals surface area (Å²) >= 11 is 0. The van der Waals surface area contributed by atoms with E-state index in [-0.39, 0.29) is 0 Å². The molecule has 2 aliphatic carbocycles. The first kappa shape index (κ1) is 10.3. The van der Waals surface area contributed by atoms with Crippen molar-refractivity contribution in [3.05, 3.63) is 11.8 Å². The maximum absolute atomic E-state index is 5.61. The van der Waals surface area contributed by atoms with Crippen LogP contribution in [0.25, 0.3) is 0 Å². The van der Waals surface area contributed by atoms with Crippen molar-refractivity contribution < 1.29 is 4.42 Å². The highest BCUT2D eigenvalue weighted by Crippen LogP contribution is 2.49. The van der Waals surface area contributed by atoms with Crippen LogP contribution in [0.3, 0.4) is 0 Å². The summed E-state index contributed by atoms with van der Waals surface area (Å²) in [6.45, 7) is 0.670. The average molecular weight is 221 g/mol. The molecule has 3 unspecified atom stereocenters. The van der Waals surface area contributed by atoms with Gasteiger partial charge in [-0.05, 0) is 44.1 Å². The summed E-state index contributed by atoms with van der Waals surface area (Å²) in [6, 6.07) is 0. The van der Waals surface area contributed by atoms with E-state index in [9.17, 15) is 0 Å². The zero-order valence-corrected chi connectivity index (χ0v) is 9.78. The summed E-state index contributed by atoms with van der Waals surface area (Å²) in [5, 5.41) is 11.2. The molecule has 0 amide bonds. The molecule has 3 rings (SSSR count). The SMILES string of the molecule is CNCc1nnc(CC2CC3CCC2C3)o1. The van der Waals surface area contributed by atoms with Crippen molar-refractivity contribution in [1.82, 2.24) is 15.5 Å². The Bertz CT molecular complexity index is 363. The van der Waals surface area contributed by atoms with Gasteiger partial charge in [-0.2, -0.15) is 0 Å². The monoisotopic (exact) mass is 221 g/mol. The van der Waals surface area contributed by atoms with Gasteiger partial charge in [0.25, 0.3) is 0 Å². The molecule has 0 saturated heterocycles. The molecule has 1 heterocycles. The van der Waals surface area contributed by atoms with E-state index in [0.717, 1.165) is 30.1 Å². The van der Waals surface area contributed by atoms with E-state index in [2.05, 4.69) is 15.5 Å². The van der Waals surface area contributed by atoms with Gasteiger partial charge in [-0.3, -0.25) is 0 Å². The molecule has 2 saturated carbocycles. The summed E-state index contributed by atoms with van der Waals surface area (Å²) in [5.74, 6) is 4.28. The van der Waals surface area contributed by atoms with Crippen molar-refractivity contribution in [2.45, 2.75) is 38.6 Å². The summed E-state index contributed by atoms with van der Waals surface area (Å²) in [6.07, 6.45) is 6.71. The first-order chi connectivity index (χ1) is 7.85. The van der Waals surface area contributed by atoms with Crippen LogP contribution in [0.5, 0.6) is 0 Å². The third kappa shape index (κ3) is 1.86. The Balaban J connectivity index is 1.61. The summed E-state index contributed by atoms with van der Waals surface area (Å²) < 4.78 is 5.61. The number of nitrogens with zero attached hydrogens (tertiary/aromatic N) is 2. The predicted octanol–water partition coefficient (Wildman–Crippen LogP) is 1.77. The van der Waals surface area contributed by atoms with E-state index in [1.54, 1.807) is 0 Å². The van der Waals surface area contributed by atoms with E-state index >= 15 is 0 Å². The zero-order valence-electron chi connectivity index (χ0n) is 9.78. The third-order valence-electron chi connectivity index (χ3n) is 4.16. The zero-order chi connectivity index (χ0) is 11.0. The molecule has 88 valence electrons. The fraction of sp³-hybridized carbons (Fsp3) is 0.833. The minimum absolute atomic E-state index is 0.670. The van der Waals surface area contributed by atoms with Crippen LogP contribution in [0.2, 0.25) is 0 Å². The fourth-order valence-corrected chi connectivity index (χ4v) is 3.44. The fourth-order valence-electron chi connectivity index (χ4n) is 3.44. The molecule has 0 radical (unpaired) electrons. The molecule has 1 aromatic heterocycles. The van der Waals surface area contributed by atoms with Gasteiger partial charge in [0, 0.05) is 6.42 Å². The number of aromatic nitrogens is 2. The van der Waals surface area contributed by atoms with Crippen molar-refractivity contribution in [1.29, 1.82) is 0 Å². The van der Waals surface area contributed by atoms with E-state index in [1.165, 1.54) is 25.7 Å². The van der Waals surface area contributed by atoms with Crippen molar-refractivity contribution in [3.8, 4) is 0 Å². The third-order valence-corrected chi connectivity index (χ3v) is 4.16. The lowest BCUT2D eigenvalue weighted by atomic mass is 9.86. The molecule has 0 spiro atoms. The Morgan fingerprint density at radius 3 is 2.81 bits per heavy atom. The number of fused-ring (bicyclic) bond motifs is 2. The molecule has 1 N–H and O–H groups in total. The normalized spacial score (nSPS) is 32.4. The number of nitrogens with one attached hydrogen (secondary N) is 1. The first-order valence-corrected chi connectivity index (χ1v) is 6.31. The van der Waals surface area contributed by atoms with Crippen LogP contribution >= 0.6 is 0 Å². The standard InChI is InChI=1S/C12H19N3O/c1-13-7-12-15-14-11(16-12)6-10-5-8-2-3-9(10)4-8/h8-10,13H,2-7H2,1H3. The van der Waals surface area contributed by atoms with Crippen LogP contribution < -0.4 is 5.32 Å². The average Bonchev–Trinajstić information content (AvgIpc) is 2.95. The molecule has 2 aliphatic rings. The highest BCUT2D eigenvalue weighted by molar-refractivity contribution is 4.94. The number of rotatable bonds is 4. The lowest BCUT2D eigenvalue weighted by molar-refractivity contribution is 0.303. The molecule has 1 aromatic rings. The van der Waals surface area contributed by atoms with Gasteiger partial charge in [0.2, 0.25) is 11.8 Å². The van der Waals surface area contributed by atoms with Gasteiger partial charge in [-0.1, -0.05) is 6.42 Å². The molecule has 0 aliphatic heterocycles. The minimum atomic E-state index is 0.670. The van der Waals surface area contributed by atoms with E-state index in [1.807, 2.05) is 7.05 Å². The topological polar surface area (TPSA) is 51.0 Å². The molecule has 4 nitrogen and oxygen atoms in total. The second-order valence-electron chi connectivity index (χ2n) is 5.26. The van der Waals surface area contributed by atoms with Gasteiger partial charge in [-0.25, -0.2) is 0 Å². The number of hydrogen-bond acceptors (Lipinski definition) is 4. The lowest BCUT2D eigenvalue weighted by Crippen LogP contribution is -2.13. The molecule has 2 bridgehead atoms. The van der Waals surface area contributed by atoms with Crippen molar-refractivity contribution in [2.24, 2.45) is 17.8 Å². The maximum atomic E-state index is 5.61. The van der Waals surface area contributed by atoms with Crippen LogP contribution in [-0.2, 0) is 13.0 Å². The smallest absolute Gasteiger partial charge is 0.230 e. The van der Waals surface area contributed by atoms with Crippen LogP contribution in [0.1, 0.15) is 37.5 Å². The Morgan fingerprint density at radius 2 is 2.12 bits per heavy atom. The Kier molecular flexibility index (Phi) is 2.67. The summed E-state index contributed by atoms with van der Waals surface area (Å²) in [5.41, 5.74) is 0. The molecule has 4 heteroatoms. The van der Waals surface area contributed by atoms with Crippen molar-refractivity contribution in [3.63, 3.8) is 0 Å². The Hall–Kier alpha value is -0.900. The second-order valence-corrected chi connectivity index (χ2v) is 5.26. The molecular weight excluding hydrogens is 202 g/mol. The van der Waals surface area contributed by atoms with Gasteiger partial charge in [0.05, 0.1) is 6.54 Å². The van der Waals surface area contributed by atoms with Crippen molar-refractivity contribution in [2.75, 3.05) is 7.05 Å². The second kappa shape index (κ2) is 4.17. The maximum Gasteiger partial charge on any atom is 0.230 e. The largest absolute Gasteiger partial charge is 0.424 e. The number of hydrogen-bond donors (Lipinski definition) is 1. The minimum Gasteiger partial charge on any atom is -0.424 e. The summed E-state index contributed by atoms with van der Waals surface area (Å²) in [4.78, 5) is 0. The van der Waals surface area contributed by atoms with Gasteiger partial charge in [-0.15, -0.1) is 10.2 Å². The van der Waals surface area contributed by atoms with Crippen LogP contribution in [0, 0.1) is 17.8 Å². The molecule has 0 aromatic carbocycles. The van der Waals surface area contributed by atoms with Gasteiger partial charge in [0.15, 0.2) is 0 Å². The van der Waals surface area contributed by atoms with E-state index in [0.29, 0.717) is 12.4 Å². The molecule has 16 heavy (non-hydrogen) atoms. The first-order valence-electron chi connectivity index (χ1n) is 6.31. The quantitative estimate of drug-likeness (QED) is 0.841. The predicted molar refractivity (Wildman–Crippen MR) is 59.7 cm³/mol. The van der Waals surface area contributed by atoms with Crippen molar-refractivity contribution >= 4 is 0 Å². The molecule has 3 atom stereocenters. The van der Waals surface area contributed by atoms with Crippen LogP contribution in [0.4, 0.5) is 0 Å². The molecule has 2 fully saturated rings. The molecular formula is C12H19N3O. The van der Waals surface area contributed by atoms with Crippen LogP contribution in [-0.4, -0.2) is 17.2 Å². The Labute approximate surface area is 95.8 Å². The highest BCUT2D eigenvalue weighted by atomic mass is 16.4. The van der Waals surface area contributed by atoms with E-state index in [4.69, 9.17) is 4.42 Å². The van der Waals surface area contributed by atoms with Crippen LogP contribution in [0.15, 0.2) is 4.42 Å². The Morgan fingerprint density at radius 1 is 1.25 bits per heavy atom. The summed E-state index contributed by atoms with van der Waals surface area (Å²) in [7, 11) is 1.89. The van der Waals surface area contributed by atoms with Gasteiger partial charge < -0.3 is 9.73 Å². The van der Waals surface area contributed by atoms with Gasteiger partial charge in [0.1, 0.15) is 0 Å².